The fourth-order valence-corrected chi connectivity index (χ4v) is 2.76. The van der Waals surface area contributed by atoms with Gasteiger partial charge in [-0.1, -0.05) is 27.2 Å². The molecule has 19 heavy (non-hydrogen) atoms. The van der Waals surface area contributed by atoms with E-state index < -0.39 is 12.0 Å². The summed E-state index contributed by atoms with van der Waals surface area (Å²) in [6.45, 7) is 8.92. The molecule has 1 fully saturated rings. The van der Waals surface area contributed by atoms with Crippen LogP contribution in [0, 0.1) is 11.8 Å². The lowest BCUT2D eigenvalue weighted by molar-refractivity contribution is -0.139. The van der Waals surface area contributed by atoms with Crippen molar-refractivity contribution < 1.29 is 14.7 Å². The van der Waals surface area contributed by atoms with Crippen LogP contribution in [0.1, 0.15) is 47.0 Å². The van der Waals surface area contributed by atoms with Crippen LogP contribution >= 0.6 is 0 Å². The third-order valence-corrected chi connectivity index (χ3v) is 4.03. The molecule has 3 unspecified atom stereocenters. The zero-order valence-corrected chi connectivity index (χ0v) is 12.3. The van der Waals surface area contributed by atoms with Crippen molar-refractivity contribution in [3.63, 3.8) is 0 Å². The molecule has 0 spiro atoms. The van der Waals surface area contributed by atoms with E-state index in [-0.39, 0.29) is 12.1 Å². The number of carbonyl (C=O) groups is 2. The topological polar surface area (TPSA) is 69.6 Å². The average molecular weight is 270 g/mol. The van der Waals surface area contributed by atoms with E-state index in [1.165, 1.54) is 0 Å². The van der Waals surface area contributed by atoms with E-state index in [0.29, 0.717) is 24.8 Å². The Morgan fingerprint density at radius 2 is 2.00 bits per heavy atom. The van der Waals surface area contributed by atoms with E-state index in [1.54, 1.807) is 4.90 Å². The number of aliphatic carboxylic acids is 1. The summed E-state index contributed by atoms with van der Waals surface area (Å²) >= 11 is 0. The fourth-order valence-electron chi connectivity index (χ4n) is 2.76. The lowest BCUT2D eigenvalue weighted by Gasteiger charge is -2.41. The molecule has 0 aromatic rings. The smallest absolute Gasteiger partial charge is 0.326 e. The van der Waals surface area contributed by atoms with Gasteiger partial charge in [0.25, 0.3) is 0 Å². The molecule has 1 heterocycles. The molecule has 4 atom stereocenters. The van der Waals surface area contributed by atoms with E-state index in [0.717, 1.165) is 12.8 Å². The molecule has 0 radical (unpaired) electrons. The number of piperidine rings is 1. The molecule has 0 saturated carbocycles. The Labute approximate surface area is 115 Å². The second-order valence-electron chi connectivity index (χ2n) is 5.84. The summed E-state index contributed by atoms with van der Waals surface area (Å²) in [7, 11) is 0. The van der Waals surface area contributed by atoms with Gasteiger partial charge in [-0.05, 0) is 31.6 Å². The van der Waals surface area contributed by atoms with Crippen LogP contribution in [0.15, 0.2) is 0 Å². The summed E-state index contributed by atoms with van der Waals surface area (Å²) in [5.74, 6) is -0.0451. The van der Waals surface area contributed by atoms with Crippen molar-refractivity contribution in [2.45, 2.75) is 59.0 Å². The Bertz CT molecular complexity index is 333. The Balaban J connectivity index is 2.67. The first-order valence-corrected chi connectivity index (χ1v) is 7.16. The van der Waals surface area contributed by atoms with Gasteiger partial charge in [0.1, 0.15) is 6.04 Å². The highest BCUT2D eigenvalue weighted by molar-refractivity contribution is 5.82. The minimum atomic E-state index is -0.957. The van der Waals surface area contributed by atoms with Gasteiger partial charge in [0.05, 0.1) is 0 Å². The number of rotatable bonds is 4. The van der Waals surface area contributed by atoms with Gasteiger partial charge in [0.15, 0.2) is 0 Å². The van der Waals surface area contributed by atoms with E-state index in [4.69, 9.17) is 5.11 Å². The van der Waals surface area contributed by atoms with Gasteiger partial charge in [0.2, 0.25) is 0 Å². The van der Waals surface area contributed by atoms with Gasteiger partial charge < -0.3 is 15.3 Å². The lowest BCUT2D eigenvalue weighted by atomic mass is 9.86. The van der Waals surface area contributed by atoms with Crippen molar-refractivity contribution in [2.75, 3.05) is 6.54 Å². The van der Waals surface area contributed by atoms with Crippen LogP contribution in [0.25, 0.3) is 0 Å². The van der Waals surface area contributed by atoms with Gasteiger partial charge >= 0.3 is 12.0 Å². The SMILES string of the molecule is CCC[C@@H](NC(=O)N1CC(C)CC(C)C1C)C(=O)O. The van der Waals surface area contributed by atoms with Crippen molar-refractivity contribution in [2.24, 2.45) is 11.8 Å². The van der Waals surface area contributed by atoms with Gasteiger partial charge in [-0.15, -0.1) is 0 Å². The quantitative estimate of drug-likeness (QED) is 0.823. The van der Waals surface area contributed by atoms with Crippen LogP contribution in [-0.4, -0.2) is 40.6 Å². The van der Waals surface area contributed by atoms with E-state index in [9.17, 15) is 9.59 Å². The van der Waals surface area contributed by atoms with Gasteiger partial charge in [0, 0.05) is 12.6 Å². The molecule has 110 valence electrons. The Hall–Kier alpha value is -1.26. The second kappa shape index (κ2) is 6.78. The molecule has 0 aliphatic carbocycles. The Kier molecular flexibility index (Phi) is 5.63. The van der Waals surface area contributed by atoms with E-state index in [2.05, 4.69) is 19.2 Å². The summed E-state index contributed by atoms with van der Waals surface area (Å²) in [4.78, 5) is 25.1. The molecule has 2 N–H and O–H groups in total. The van der Waals surface area contributed by atoms with Crippen LogP contribution in [0.3, 0.4) is 0 Å². The number of hydrogen-bond donors (Lipinski definition) is 2. The highest BCUT2D eigenvalue weighted by Crippen LogP contribution is 2.26. The summed E-state index contributed by atoms with van der Waals surface area (Å²) in [6, 6.07) is -0.865. The molecule has 1 saturated heterocycles. The maximum absolute atomic E-state index is 12.2. The van der Waals surface area contributed by atoms with Gasteiger partial charge in [-0.3, -0.25) is 0 Å². The molecule has 1 aliphatic rings. The third-order valence-electron chi connectivity index (χ3n) is 4.03. The second-order valence-corrected chi connectivity index (χ2v) is 5.84. The highest BCUT2D eigenvalue weighted by Gasteiger charge is 2.33. The average Bonchev–Trinajstić information content (AvgIpc) is 2.32. The number of hydrogen-bond acceptors (Lipinski definition) is 2. The summed E-state index contributed by atoms with van der Waals surface area (Å²) in [5, 5.41) is 11.7. The van der Waals surface area contributed by atoms with Gasteiger partial charge in [-0.25, -0.2) is 9.59 Å². The molecular formula is C14H26N2O3. The first kappa shape index (κ1) is 15.8. The molecule has 0 aromatic heterocycles. The summed E-state index contributed by atoms with van der Waals surface area (Å²) < 4.78 is 0. The number of carboxylic acid groups (broad SMARTS) is 1. The molecule has 2 amide bonds. The first-order chi connectivity index (χ1) is 8.86. The Morgan fingerprint density at radius 1 is 1.37 bits per heavy atom. The molecule has 1 aliphatic heterocycles. The van der Waals surface area contributed by atoms with Crippen molar-refractivity contribution in [1.29, 1.82) is 0 Å². The standard InChI is InChI=1S/C14H26N2O3/c1-5-6-12(13(17)18)15-14(19)16-8-9(2)7-10(3)11(16)4/h9-12H,5-8H2,1-4H3,(H,15,19)(H,17,18)/t9?,10?,11?,12-/m1/s1. The fraction of sp³-hybridized carbons (Fsp3) is 0.857. The highest BCUT2D eigenvalue weighted by atomic mass is 16.4. The monoisotopic (exact) mass is 270 g/mol. The van der Waals surface area contributed by atoms with Crippen LogP contribution in [0.4, 0.5) is 4.79 Å². The molecule has 0 aromatic carbocycles. The first-order valence-electron chi connectivity index (χ1n) is 7.16. The minimum Gasteiger partial charge on any atom is -0.480 e. The number of amides is 2. The lowest BCUT2D eigenvalue weighted by Crippen LogP contribution is -2.55. The van der Waals surface area contributed by atoms with Crippen molar-refractivity contribution in [3.8, 4) is 0 Å². The van der Waals surface area contributed by atoms with Crippen molar-refractivity contribution >= 4 is 12.0 Å². The molecule has 0 bridgehead atoms. The zero-order valence-electron chi connectivity index (χ0n) is 12.3. The van der Waals surface area contributed by atoms with Crippen LogP contribution in [0.2, 0.25) is 0 Å². The maximum Gasteiger partial charge on any atom is 0.326 e. The summed E-state index contributed by atoms with van der Waals surface area (Å²) in [6.07, 6.45) is 2.32. The summed E-state index contributed by atoms with van der Waals surface area (Å²) in [5.41, 5.74) is 0. The van der Waals surface area contributed by atoms with E-state index in [1.807, 2.05) is 13.8 Å². The van der Waals surface area contributed by atoms with Crippen LogP contribution in [-0.2, 0) is 4.79 Å². The molecule has 1 rings (SSSR count). The van der Waals surface area contributed by atoms with Crippen LogP contribution in [0.5, 0.6) is 0 Å². The number of urea groups is 1. The molecular weight excluding hydrogens is 244 g/mol. The number of likely N-dealkylation sites (tertiary alicyclic amines) is 1. The maximum atomic E-state index is 12.2. The number of carbonyl (C=O) groups excluding carboxylic acids is 1. The number of carboxylic acids is 1. The Morgan fingerprint density at radius 3 is 2.53 bits per heavy atom. The predicted octanol–water partition coefficient (Wildman–Crippen LogP) is 2.32. The zero-order chi connectivity index (χ0) is 14.6. The van der Waals surface area contributed by atoms with Crippen LogP contribution < -0.4 is 5.32 Å². The third kappa shape index (κ3) is 4.11. The largest absolute Gasteiger partial charge is 0.480 e. The van der Waals surface area contributed by atoms with Gasteiger partial charge in [-0.2, -0.15) is 0 Å². The van der Waals surface area contributed by atoms with Crippen molar-refractivity contribution in [3.05, 3.63) is 0 Å². The van der Waals surface area contributed by atoms with Crippen molar-refractivity contribution in [1.82, 2.24) is 10.2 Å². The normalized spacial score (nSPS) is 28.8. The number of nitrogens with one attached hydrogen (secondary N) is 1. The molecule has 5 nitrogen and oxygen atoms in total. The number of nitrogens with zero attached hydrogens (tertiary/aromatic N) is 1. The molecule has 5 heteroatoms. The predicted molar refractivity (Wildman–Crippen MR) is 74.0 cm³/mol. The van der Waals surface area contributed by atoms with E-state index >= 15 is 0 Å². The minimum absolute atomic E-state index is 0.160.